The maximum absolute atomic E-state index is 12.9. The van der Waals surface area contributed by atoms with Crippen LogP contribution in [0.25, 0.3) is 0 Å². The van der Waals surface area contributed by atoms with Gasteiger partial charge in [-0.3, -0.25) is 4.79 Å². The Kier molecular flexibility index (Phi) is 4.90. The van der Waals surface area contributed by atoms with Crippen LogP contribution in [-0.2, 0) is 14.6 Å². The lowest BCUT2D eigenvalue weighted by molar-refractivity contribution is -0.134. The predicted molar refractivity (Wildman–Crippen MR) is 84.3 cm³/mol. The maximum atomic E-state index is 12.9. The highest BCUT2D eigenvalue weighted by Gasteiger charge is 2.52. The van der Waals surface area contributed by atoms with E-state index in [-0.39, 0.29) is 18.3 Å². The number of sulfone groups is 1. The number of hydrogen-bond acceptors (Lipinski definition) is 4. The lowest BCUT2D eigenvalue weighted by atomic mass is 9.95. The van der Waals surface area contributed by atoms with E-state index < -0.39 is 14.6 Å². The number of piperidine rings is 1. The van der Waals surface area contributed by atoms with E-state index in [2.05, 4.69) is 5.32 Å². The van der Waals surface area contributed by atoms with Crippen LogP contribution in [0.2, 0.25) is 0 Å². The van der Waals surface area contributed by atoms with Gasteiger partial charge in [-0.15, -0.1) is 12.4 Å². The van der Waals surface area contributed by atoms with Crippen molar-refractivity contribution in [3.8, 4) is 0 Å². The lowest BCUT2D eigenvalue weighted by Gasteiger charge is -2.37. The van der Waals surface area contributed by atoms with Gasteiger partial charge in [-0.25, -0.2) is 8.42 Å². The van der Waals surface area contributed by atoms with Crippen molar-refractivity contribution in [2.24, 2.45) is 11.8 Å². The highest BCUT2D eigenvalue weighted by molar-refractivity contribution is 7.92. The number of nitrogens with zero attached hydrogens (tertiary/aromatic N) is 1. The van der Waals surface area contributed by atoms with E-state index in [4.69, 9.17) is 0 Å². The summed E-state index contributed by atoms with van der Waals surface area (Å²) in [4.78, 5) is 14.8. The van der Waals surface area contributed by atoms with Gasteiger partial charge in [0.2, 0.25) is 5.91 Å². The molecule has 1 N–H and O–H groups in total. The molecule has 1 aliphatic carbocycles. The molecule has 1 amide bonds. The molecule has 122 valence electrons. The second kappa shape index (κ2) is 6.05. The minimum atomic E-state index is -3.38. The number of hydrogen-bond donors (Lipinski definition) is 1. The summed E-state index contributed by atoms with van der Waals surface area (Å²) in [6.45, 7) is 2.77. The van der Waals surface area contributed by atoms with Crippen LogP contribution in [0, 0.1) is 11.8 Å². The van der Waals surface area contributed by atoms with Crippen LogP contribution in [0.15, 0.2) is 0 Å². The average molecular weight is 337 g/mol. The summed E-state index contributed by atoms with van der Waals surface area (Å²) in [6, 6.07) is 0. The van der Waals surface area contributed by atoms with E-state index in [0.29, 0.717) is 37.8 Å². The molecule has 0 bridgehead atoms. The van der Waals surface area contributed by atoms with Crippen LogP contribution in [0.4, 0.5) is 0 Å². The van der Waals surface area contributed by atoms with Crippen molar-refractivity contribution in [2.45, 2.75) is 36.9 Å². The molecule has 2 aliphatic heterocycles. The molecular weight excluding hydrogens is 312 g/mol. The SMILES string of the molecule is CS(=O)(=O)C1(C(=O)N2CC3CCCC3C2)CCNCC1.Cl. The molecule has 0 aromatic rings. The lowest BCUT2D eigenvalue weighted by Crippen LogP contribution is -2.58. The first-order chi connectivity index (χ1) is 9.44. The zero-order valence-corrected chi connectivity index (χ0v) is 14.1. The molecule has 3 rings (SSSR count). The van der Waals surface area contributed by atoms with Gasteiger partial charge in [0.25, 0.3) is 0 Å². The smallest absolute Gasteiger partial charge is 0.244 e. The molecule has 2 saturated heterocycles. The molecule has 0 radical (unpaired) electrons. The van der Waals surface area contributed by atoms with Crippen LogP contribution in [0.5, 0.6) is 0 Å². The van der Waals surface area contributed by atoms with Gasteiger partial charge < -0.3 is 10.2 Å². The number of carbonyl (C=O) groups is 1. The summed E-state index contributed by atoms with van der Waals surface area (Å²) < 4.78 is 23.4. The van der Waals surface area contributed by atoms with E-state index >= 15 is 0 Å². The Labute approximate surface area is 133 Å². The number of rotatable bonds is 2. The summed E-state index contributed by atoms with van der Waals surface area (Å²) >= 11 is 0. The second-order valence-corrected chi connectivity index (χ2v) is 9.00. The van der Waals surface area contributed by atoms with E-state index in [0.717, 1.165) is 13.1 Å². The molecule has 2 heterocycles. The molecule has 3 aliphatic rings. The summed E-state index contributed by atoms with van der Waals surface area (Å²) in [5.41, 5.74) is 0. The first-order valence-electron chi connectivity index (χ1n) is 7.64. The predicted octanol–water partition coefficient (Wildman–Crippen LogP) is 0.833. The van der Waals surface area contributed by atoms with Gasteiger partial charge in [-0.2, -0.15) is 0 Å². The fourth-order valence-corrected chi connectivity index (χ4v) is 5.65. The number of carbonyl (C=O) groups excluding carboxylic acids is 1. The van der Waals surface area contributed by atoms with Crippen molar-refractivity contribution < 1.29 is 13.2 Å². The fraction of sp³-hybridized carbons (Fsp3) is 0.929. The quantitative estimate of drug-likeness (QED) is 0.811. The van der Waals surface area contributed by atoms with Crippen molar-refractivity contribution in [2.75, 3.05) is 32.4 Å². The largest absolute Gasteiger partial charge is 0.341 e. The fourth-order valence-electron chi connectivity index (χ4n) is 4.26. The first kappa shape index (κ1) is 17.0. The molecule has 0 aromatic carbocycles. The van der Waals surface area contributed by atoms with Gasteiger partial charge in [0, 0.05) is 19.3 Å². The van der Waals surface area contributed by atoms with E-state index in [9.17, 15) is 13.2 Å². The van der Waals surface area contributed by atoms with Crippen molar-refractivity contribution in [3.63, 3.8) is 0 Å². The molecule has 3 fully saturated rings. The van der Waals surface area contributed by atoms with Crippen molar-refractivity contribution in [3.05, 3.63) is 0 Å². The van der Waals surface area contributed by atoms with Crippen molar-refractivity contribution in [1.82, 2.24) is 10.2 Å². The monoisotopic (exact) mass is 336 g/mol. The average Bonchev–Trinajstić information content (AvgIpc) is 2.98. The van der Waals surface area contributed by atoms with Crippen LogP contribution in [0.1, 0.15) is 32.1 Å². The minimum absolute atomic E-state index is 0. The molecule has 1 saturated carbocycles. The maximum Gasteiger partial charge on any atom is 0.244 e. The zero-order valence-electron chi connectivity index (χ0n) is 12.5. The number of fused-ring (bicyclic) bond motifs is 1. The Balaban J connectivity index is 0.00000161. The molecule has 21 heavy (non-hydrogen) atoms. The molecular formula is C14H25ClN2O3S. The summed E-state index contributed by atoms with van der Waals surface area (Å²) in [7, 11) is -3.38. The van der Waals surface area contributed by atoms with Gasteiger partial charge in [0.1, 0.15) is 0 Å². The second-order valence-electron chi connectivity index (χ2n) is 6.68. The summed E-state index contributed by atoms with van der Waals surface area (Å²) in [6.07, 6.45) is 5.71. The summed E-state index contributed by atoms with van der Waals surface area (Å²) in [5.74, 6) is 1.09. The molecule has 5 nitrogen and oxygen atoms in total. The highest BCUT2D eigenvalue weighted by atomic mass is 35.5. The Morgan fingerprint density at radius 1 is 1.14 bits per heavy atom. The van der Waals surface area contributed by atoms with Crippen LogP contribution in [-0.4, -0.2) is 56.4 Å². The van der Waals surface area contributed by atoms with Gasteiger partial charge in [0.15, 0.2) is 14.6 Å². The standard InChI is InChI=1S/C14H24N2O3S.ClH/c1-20(18,19)14(5-7-15-8-6-14)13(17)16-9-11-3-2-4-12(11)10-16;/h11-12,15H,2-10H2,1H3;1H. The van der Waals surface area contributed by atoms with Crippen LogP contribution in [0.3, 0.4) is 0 Å². The zero-order chi connectivity index (χ0) is 14.4. The van der Waals surface area contributed by atoms with Crippen LogP contribution < -0.4 is 5.32 Å². The first-order valence-corrected chi connectivity index (χ1v) is 9.53. The Morgan fingerprint density at radius 2 is 1.67 bits per heavy atom. The molecule has 2 unspecified atom stereocenters. The molecule has 2 atom stereocenters. The number of likely N-dealkylation sites (tertiary alicyclic amines) is 1. The number of nitrogens with one attached hydrogen (secondary N) is 1. The van der Waals surface area contributed by atoms with Crippen LogP contribution >= 0.6 is 12.4 Å². The van der Waals surface area contributed by atoms with E-state index in [1.807, 2.05) is 4.90 Å². The van der Waals surface area contributed by atoms with E-state index in [1.165, 1.54) is 25.5 Å². The van der Waals surface area contributed by atoms with Gasteiger partial charge in [0.05, 0.1) is 0 Å². The Bertz CT molecular complexity index is 490. The third kappa shape index (κ3) is 2.82. The normalized spacial score (nSPS) is 31.6. The topological polar surface area (TPSA) is 66.5 Å². The van der Waals surface area contributed by atoms with Crippen molar-refractivity contribution >= 4 is 28.2 Å². The highest BCUT2D eigenvalue weighted by Crippen LogP contribution is 2.40. The van der Waals surface area contributed by atoms with E-state index in [1.54, 1.807) is 0 Å². The summed E-state index contributed by atoms with van der Waals surface area (Å²) in [5, 5.41) is 3.16. The van der Waals surface area contributed by atoms with Gasteiger partial charge in [-0.05, 0) is 50.6 Å². The van der Waals surface area contributed by atoms with Gasteiger partial charge in [-0.1, -0.05) is 6.42 Å². The minimum Gasteiger partial charge on any atom is -0.341 e. The third-order valence-electron chi connectivity index (χ3n) is 5.52. The number of halogens is 1. The van der Waals surface area contributed by atoms with Crippen molar-refractivity contribution in [1.29, 1.82) is 0 Å². The number of amides is 1. The van der Waals surface area contributed by atoms with Gasteiger partial charge >= 0.3 is 0 Å². The third-order valence-corrected chi connectivity index (χ3v) is 7.53. The Morgan fingerprint density at radius 3 is 2.14 bits per heavy atom. The molecule has 0 spiro atoms. The Hall–Kier alpha value is -0.330. The molecule has 7 heteroatoms. The molecule has 0 aromatic heterocycles.